The summed E-state index contributed by atoms with van der Waals surface area (Å²) in [6.45, 7) is 16.7. The lowest BCUT2D eigenvalue weighted by atomic mass is 9.97. The number of hydrogen-bond acceptors (Lipinski definition) is 8. The summed E-state index contributed by atoms with van der Waals surface area (Å²) in [4.78, 5) is 40.6. The highest BCUT2D eigenvalue weighted by molar-refractivity contribution is 5.94. The third-order valence-corrected chi connectivity index (χ3v) is 5.76. The number of aliphatic hydroxyl groups is 1. The number of aliphatic hydroxyl groups excluding tert-OH is 1. The fraction of sp³-hybridized carbons (Fsp3) is 0.643. The lowest BCUT2D eigenvalue weighted by Crippen LogP contribution is -2.49. The van der Waals surface area contributed by atoms with Crippen LogP contribution < -0.4 is 20.7 Å². The van der Waals surface area contributed by atoms with Gasteiger partial charge in [-0.05, 0) is 103 Å². The summed E-state index contributed by atoms with van der Waals surface area (Å²) in [5.41, 5.74) is 2.48. The molecule has 226 valence electrons. The zero-order chi connectivity index (χ0) is 30.8. The fourth-order valence-electron chi connectivity index (χ4n) is 3.72. The number of carboxylic acid groups (broad SMARTS) is 1. The third-order valence-electron chi connectivity index (χ3n) is 5.76. The smallest absolute Gasteiger partial charge is 0.414 e. The zero-order valence-corrected chi connectivity index (χ0v) is 25.4. The molecule has 5 N–H and O–H groups in total. The number of carbonyl (C=O) groups is 3. The predicted molar refractivity (Wildman–Crippen MR) is 152 cm³/mol. The Bertz CT molecular complexity index is 1070. The number of nitrogens with one attached hydrogen (secondary N) is 3. The number of carboxylic acids is 1. The highest BCUT2D eigenvalue weighted by atomic mass is 16.6. The first-order valence-electron chi connectivity index (χ1n) is 13.2. The molecule has 40 heavy (non-hydrogen) atoms. The van der Waals surface area contributed by atoms with Crippen LogP contribution in [0.2, 0.25) is 0 Å². The van der Waals surface area contributed by atoms with Gasteiger partial charge in [-0.2, -0.15) is 0 Å². The maximum atomic E-state index is 12.5. The maximum absolute atomic E-state index is 12.5. The lowest BCUT2D eigenvalue weighted by Gasteiger charge is -2.25. The molecule has 0 heterocycles. The number of aryl methyl sites for hydroxylation is 1. The van der Waals surface area contributed by atoms with Crippen molar-refractivity contribution < 1.29 is 38.8 Å². The number of rotatable bonds is 10. The summed E-state index contributed by atoms with van der Waals surface area (Å²) in [5, 5.41) is 27.4. The van der Waals surface area contributed by atoms with Crippen LogP contribution in [0.1, 0.15) is 76.6 Å². The molecule has 0 fully saturated rings. The third kappa shape index (κ3) is 12.1. The molecule has 0 saturated heterocycles. The number of nitrogens with zero attached hydrogens (tertiary/aromatic N) is 1. The molecule has 1 unspecified atom stereocenters. The molecule has 0 aliphatic rings. The normalized spacial score (nSPS) is 13.6. The van der Waals surface area contributed by atoms with E-state index in [0.29, 0.717) is 6.42 Å². The van der Waals surface area contributed by atoms with Crippen LogP contribution in [0.15, 0.2) is 11.1 Å². The van der Waals surface area contributed by atoms with Crippen LogP contribution in [0.3, 0.4) is 0 Å². The molecule has 0 bridgehead atoms. The second-order valence-corrected chi connectivity index (χ2v) is 11.5. The quantitative estimate of drug-likeness (QED) is 0.161. The highest BCUT2D eigenvalue weighted by Crippen LogP contribution is 2.28. The topological polar surface area (TPSA) is 168 Å². The first kappa shape index (κ1) is 34.5. The molecule has 2 amide bonds. The molecular formula is C28H46N4O8. The number of aliphatic carboxylic acids is 1. The van der Waals surface area contributed by atoms with E-state index in [1.807, 2.05) is 26.8 Å². The van der Waals surface area contributed by atoms with Crippen molar-refractivity contribution in [2.45, 2.75) is 105 Å². The van der Waals surface area contributed by atoms with E-state index in [4.69, 9.17) is 14.2 Å². The molecule has 0 aliphatic heterocycles. The summed E-state index contributed by atoms with van der Waals surface area (Å²) >= 11 is 0. The van der Waals surface area contributed by atoms with Crippen molar-refractivity contribution in [3.8, 4) is 5.75 Å². The van der Waals surface area contributed by atoms with E-state index in [2.05, 4.69) is 20.9 Å². The molecule has 2 atom stereocenters. The number of guanidine groups is 1. The zero-order valence-electron chi connectivity index (χ0n) is 25.4. The number of hydrogen-bond donors (Lipinski definition) is 5. The maximum Gasteiger partial charge on any atom is 0.414 e. The molecule has 12 nitrogen and oxygen atoms in total. The van der Waals surface area contributed by atoms with Crippen LogP contribution in [0.4, 0.5) is 9.59 Å². The van der Waals surface area contributed by atoms with Crippen molar-refractivity contribution in [1.29, 1.82) is 0 Å². The van der Waals surface area contributed by atoms with E-state index in [1.165, 1.54) is 0 Å². The minimum absolute atomic E-state index is 0.106. The average molecular weight is 567 g/mol. The summed E-state index contributed by atoms with van der Waals surface area (Å²) in [5.74, 6) is -0.522. The van der Waals surface area contributed by atoms with Gasteiger partial charge in [0.1, 0.15) is 17.0 Å². The SMILES string of the molecule is COc1cc(C)c(CN=C(NCCC[C@H](NC(=O)OC(C)(C)C)C(O)C(=O)O)NC(=O)OC(C)(C)C)c(C)c1C. The molecule has 12 heteroatoms. The molecule has 0 aromatic heterocycles. The second kappa shape index (κ2) is 14.7. The molecular weight excluding hydrogens is 520 g/mol. The Kier molecular flexibility index (Phi) is 12.7. The molecule has 1 aromatic carbocycles. The Labute approximate surface area is 236 Å². The number of ether oxygens (including phenoxy) is 3. The van der Waals surface area contributed by atoms with Crippen molar-refractivity contribution in [2.75, 3.05) is 13.7 Å². The minimum Gasteiger partial charge on any atom is -0.496 e. The van der Waals surface area contributed by atoms with Crippen LogP contribution in [0, 0.1) is 20.8 Å². The van der Waals surface area contributed by atoms with Crippen molar-refractivity contribution >= 4 is 24.1 Å². The summed E-state index contributed by atoms with van der Waals surface area (Å²) in [7, 11) is 1.62. The Balaban J connectivity index is 3.03. The van der Waals surface area contributed by atoms with E-state index in [0.717, 1.165) is 28.0 Å². The molecule has 1 rings (SSSR count). The van der Waals surface area contributed by atoms with E-state index in [9.17, 15) is 24.6 Å². The number of amides is 2. The second-order valence-electron chi connectivity index (χ2n) is 11.5. The van der Waals surface area contributed by atoms with Crippen LogP contribution in [-0.2, 0) is 20.8 Å². The lowest BCUT2D eigenvalue weighted by molar-refractivity contribution is -0.148. The first-order chi connectivity index (χ1) is 18.3. The predicted octanol–water partition coefficient (Wildman–Crippen LogP) is 3.71. The Morgan fingerprint density at radius 1 is 0.975 bits per heavy atom. The van der Waals surface area contributed by atoms with Gasteiger partial charge in [0, 0.05) is 6.54 Å². The fourth-order valence-corrected chi connectivity index (χ4v) is 3.72. The monoisotopic (exact) mass is 566 g/mol. The Hall–Kier alpha value is -3.54. The van der Waals surface area contributed by atoms with E-state index >= 15 is 0 Å². The van der Waals surface area contributed by atoms with E-state index < -0.39 is 41.5 Å². The molecule has 0 aliphatic carbocycles. The standard InChI is InChI=1S/C28H46N4O8/c1-16-14-21(38-10)18(3)17(2)19(16)15-30-24(32-26(37)40-28(7,8)9)29-13-11-12-20(22(33)23(34)35)31-25(36)39-27(4,5)6/h14,20,22,33H,11-13,15H2,1-10H3,(H,31,36)(H,34,35)(H2,29,30,32,37)/t20-,22?/m0/s1. The number of benzene rings is 1. The summed E-state index contributed by atoms with van der Waals surface area (Å²) in [6, 6.07) is 0.841. The van der Waals surface area contributed by atoms with Crippen molar-refractivity contribution in [3.63, 3.8) is 0 Å². The van der Waals surface area contributed by atoms with Gasteiger partial charge in [-0.25, -0.2) is 19.4 Å². The van der Waals surface area contributed by atoms with Crippen molar-refractivity contribution in [1.82, 2.24) is 16.0 Å². The highest BCUT2D eigenvalue weighted by Gasteiger charge is 2.29. The number of carbonyl (C=O) groups excluding carboxylic acids is 2. The van der Waals surface area contributed by atoms with Crippen LogP contribution in [0.25, 0.3) is 0 Å². The van der Waals surface area contributed by atoms with Crippen molar-refractivity contribution in [2.24, 2.45) is 4.99 Å². The molecule has 1 aromatic rings. The largest absolute Gasteiger partial charge is 0.496 e. The average Bonchev–Trinajstić information content (AvgIpc) is 2.79. The van der Waals surface area contributed by atoms with Gasteiger partial charge in [-0.15, -0.1) is 0 Å². The van der Waals surface area contributed by atoms with E-state index in [-0.39, 0.29) is 25.5 Å². The Morgan fingerprint density at radius 3 is 2.08 bits per heavy atom. The van der Waals surface area contributed by atoms with Gasteiger partial charge in [0.25, 0.3) is 0 Å². The van der Waals surface area contributed by atoms with E-state index in [1.54, 1.807) is 48.7 Å². The van der Waals surface area contributed by atoms with Gasteiger partial charge in [-0.1, -0.05) is 0 Å². The number of alkyl carbamates (subject to hydrolysis) is 2. The van der Waals surface area contributed by atoms with Gasteiger partial charge in [-0.3, -0.25) is 5.32 Å². The number of methoxy groups -OCH3 is 1. The minimum atomic E-state index is -1.83. The van der Waals surface area contributed by atoms with Gasteiger partial charge in [0.15, 0.2) is 6.10 Å². The summed E-state index contributed by atoms with van der Waals surface area (Å²) in [6.07, 6.45) is -2.93. The Morgan fingerprint density at radius 2 is 1.55 bits per heavy atom. The van der Waals surface area contributed by atoms with Crippen LogP contribution in [-0.4, -0.2) is 71.3 Å². The van der Waals surface area contributed by atoms with Gasteiger partial charge in [0.05, 0.1) is 19.7 Å². The summed E-state index contributed by atoms with van der Waals surface area (Å²) < 4.78 is 16.0. The van der Waals surface area contributed by atoms with Gasteiger partial charge >= 0.3 is 18.2 Å². The number of aliphatic imine (C=N–C) groups is 1. The molecule has 0 radical (unpaired) electrons. The van der Waals surface area contributed by atoms with Gasteiger partial charge < -0.3 is 35.1 Å². The van der Waals surface area contributed by atoms with Crippen LogP contribution >= 0.6 is 0 Å². The first-order valence-corrected chi connectivity index (χ1v) is 13.2. The molecule has 0 spiro atoms. The molecule has 0 saturated carbocycles. The van der Waals surface area contributed by atoms with Crippen molar-refractivity contribution in [3.05, 3.63) is 28.3 Å². The van der Waals surface area contributed by atoms with Crippen LogP contribution in [0.5, 0.6) is 5.75 Å². The van der Waals surface area contributed by atoms with Gasteiger partial charge in [0.2, 0.25) is 5.96 Å².